The van der Waals surface area contributed by atoms with Crippen molar-refractivity contribution in [1.82, 2.24) is 0 Å². The van der Waals surface area contributed by atoms with Crippen molar-refractivity contribution in [2.75, 3.05) is 0 Å². The minimum atomic E-state index is -4.29. The third-order valence-electron chi connectivity index (χ3n) is 2.61. The van der Waals surface area contributed by atoms with Gasteiger partial charge < -0.3 is 0 Å². The lowest BCUT2D eigenvalue weighted by Crippen LogP contribution is -2.05. The first-order valence-corrected chi connectivity index (χ1v) is 6.15. The second-order valence-electron chi connectivity index (χ2n) is 3.97. The first kappa shape index (κ1) is 13.1. The molecule has 4 heteroatoms. The van der Waals surface area contributed by atoms with Gasteiger partial charge in [-0.2, -0.15) is 13.2 Å². The fraction of sp³-hybridized carbons (Fsp3) is 0.143. The second kappa shape index (κ2) is 5.14. The molecule has 0 aliphatic heterocycles. The van der Waals surface area contributed by atoms with E-state index in [0.717, 1.165) is 16.1 Å². The lowest BCUT2D eigenvalue weighted by atomic mass is 10.0. The van der Waals surface area contributed by atoms with Crippen LogP contribution in [0.1, 0.15) is 16.7 Å². The molecule has 0 heterocycles. The van der Waals surface area contributed by atoms with E-state index in [9.17, 15) is 13.2 Å². The Bertz CT molecular complexity index is 547. The van der Waals surface area contributed by atoms with Crippen LogP contribution < -0.4 is 0 Å². The molecular weight excluding hydrogens is 305 g/mol. The van der Waals surface area contributed by atoms with E-state index in [-0.39, 0.29) is 0 Å². The zero-order chi connectivity index (χ0) is 13.2. The molecule has 0 radical (unpaired) electrons. The van der Waals surface area contributed by atoms with Crippen LogP contribution in [0.15, 0.2) is 53.0 Å². The van der Waals surface area contributed by atoms with Gasteiger partial charge in [0.25, 0.3) is 0 Å². The third-order valence-corrected chi connectivity index (χ3v) is 3.38. The Labute approximate surface area is 112 Å². The third kappa shape index (κ3) is 3.13. The Balaban J connectivity index is 2.28. The van der Waals surface area contributed by atoms with Gasteiger partial charge >= 0.3 is 6.18 Å². The molecule has 94 valence electrons. The van der Waals surface area contributed by atoms with Gasteiger partial charge in [-0.1, -0.05) is 52.3 Å². The van der Waals surface area contributed by atoms with Crippen molar-refractivity contribution < 1.29 is 13.2 Å². The molecule has 0 N–H and O–H groups in total. The van der Waals surface area contributed by atoms with Crippen molar-refractivity contribution in [3.63, 3.8) is 0 Å². The summed E-state index contributed by atoms with van der Waals surface area (Å²) >= 11 is 3.39. The predicted molar refractivity (Wildman–Crippen MR) is 68.4 cm³/mol. The van der Waals surface area contributed by atoms with Gasteiger partial charge in [-0.3, -0.25) is 0 Å². The molecule has 0 amide bonds. The van der Waals surface area contributed by atoms with Gasteiger partial charge in [0.2, 0.25) is 0 Å². The van der Waals surface area contributed by atoms with Crippen molar-refractivity contribution in [1.29, 1.82) is 0 Å². The van der Waals surface area contributed by atoms with Crippen molar-refractivity contribution >= 4 is 15.9 Å². The zero-order valence-corrected chi connectivity index (χ0v) is 10.9. The van der Waals surface area contributed by atoms with Crippen LogP contribution in [0.4, 0.5) is 13.2 Å². The summed E-state index contributed by atoms with van der Waals surface area (Å²) < 4.78 is 38.6. The van der Waals surface area contributed by atoms with Gasteiger partial charge in [-0.15, -0.1) is 0 Å². The molecule has 18 heavy (non-hydrogen) atoms. The van der Waals surface area contributed by atoms with E-state index < -0.39 is 11.7 Å². The molecule has 0 aromatic heterocycles. The topological polar surface area (TPSA) is 0 Å². The van der Waals surface area contributed by atoms with E-state index in [1.807, 2.05) is 24.3 Å². The molecule has 0 atom stereocenters. The largest absolute Gasteiger partial charge is 0.416 e. The van der Waals surface area contributed by atoms with Crippen LogP contribution >= 0.6 is 15.9 Å². The summed E-state index contributed by atoms with van der Waals surface area (Å²) in [4.78, 5) is 0. The summed E-state index contributed by atoms with van der Waals surface area (Å²) in [6, 6.07) is 12.9. The highest BCUT2D eigenvalue weighted by Gasteiger charge is 2.30. The Morgan fingerprint density at radius 3 is 2.33 bits per heavy atom. The van der Waals surface area contributed by atoms with E-state index in [1.54, 1.807) is 6.07 Å². The highest BCUT2D eigenvalue weighted by molar-refractivity contribution is 9.10. The smallest absolute Gasteiger partial charge is 0.166 e. The van der Waals surface area contributed by atoms with Gasteiger partial charge in [0.15, 0.2) is 0 Å². The average Bonchev–Trinajstić information content (AvgIpc) is 2.31. The van der Waals surface area contributed by atoms with Crippen molar-refractivity contribution in [3.8, 4) is 0 Å². The van der Waals surface area contributed by atoms with E-state index in [1.165, 1.54) is 12.1 Å². The summed E-state index contributed by atoms with van der Waals surface area (Å²) in [7, 11) is 0. The van der Waals surface area contributed by atoms with Crippen LogP contribution in [0, 0.1) is 0 Å². The summed E-state index contributed by atoms with van der Waals surface area (Å²) in [6.07, 6.45) is -3.81. The molecule has 0 aliphatic carbocycles. The standard InChI is InChI=1S/C14H10BrF3/c15-13-7-2-1-5-11(13)8-10-4-3-6-12(9-10)14(16,17)18/h1-7,9H,8H2. The van der Waals surface area contributed by atoms with E-state index in [2.05, 4.69) is 15.9 Å². The lowest BCUT2D eigenvalue weighted by Gasteiger charge is -2.09. The molecule has 2 rings (SSSR count). The summed E-state index contributed by atoms with van der Waals surface area (Å²) in [6.45, 7) is 0. The minimum absolute atomic E-state index is 0.478. The highest BCUT2D eigenvalue weighted by Crippen LogP contribution is 2.30. The maximum absolute atomic E-state index is 12.6. The molecule has 2 aromatic rings. The van der Waals surface area contributed by atoms with Gasteiger partial charge in [-0.05, 0) is 29.7 Å². The van der Waals surface area contributed by atoms with Crippen molar-refractivity contribution in [2.24, 2.45) is 0 Å². The van der Waals surface area contributed by atoms with Crippen molar-refractivity contribution in [3.05, 3.63) is 69.7 Å². The van der Waals surface area contributed by atoms with Crippen LogP contribution in [0.5, 0.6) is 0 Å². The predicted octanol–water partition coefficient (Wildman–Crippen LogP) is 5.06. The molecule has 0 fully saturated rings. The highest BCUT2D eigenvalue weighted by atomic mass is 79.9. The zero-order valence-electron chi connectivity index (χ0n) is 9.34. The van der Waals surface area contributed by atoms with Crippen molar-refractivity contribution in [2.45, 2.75) is 12.6 Å². The number of rotatable bonds is 2. The second-order valence-corrected chi connectivity index (χ2v) is 4.82. The average molecular weight is 315 g/mol. The Kier molecular flexibility index (Phi) is 3.76. The van der Waals surface area contributed by atoms with E-state index in [4.69, 9.17) is 0 Å². The number of hydrogen-bond acceptors (Lipinski definition) is 0. The van der Waals surface area contributed by atoms with Crippen LogP contribution in [-0.4, -0.2) is 0 Å². The number of alkyl halides is 3. The van der Waals surface area contributed by atoms with Crippen LogP contribution in [-0.2, 0) is 12.6 Å². The van der Waals surface area contributed by atoms with Gasteiger partial charge in [0, 0.05) is 4.47 Å². The normalized spacial score (nSPS) is 11.6. The maximum atomic E-state index is 12.6. The molecule has 2 aromatic carbocycles. The number of benzene rings is 2. The van der Waals surface area contributed by atoms with Crippen LogP contribution in [0.25, 0.3) is 0 Å². The number of hydrogen-bond donors (Lipinski definition) is 0. The molecule has 0 bridgehead atoms. The Morgan fingerprint density at radius 2 is 1.67 bits per heavy atom. The van der Waals surface area contributed by atoms with Gasteiger partial charge in [0.1, 0.15) is 0 Å². The quantitative estimate of drug-likeness (QED) is 0.727. The summed E-state index contributed by atoms with van der Waals surface area (Å²) in [5.74, 6) is 0. The molecule has 0 saturated carbocycles. The first-order chi connectivity index (χ1) is 8.47. The maximum Gasteiger partial charge on any atom is 0.416 e. The Morgan fingerprint density at radius 1 is 0.944 bits per heavy atom. The van der Waals surface area contributed by atoms with Crippen LogP contribution in [0.2, 0.25) is 0 Å². The lowest BCUT2D eigenvalue weighted by molar-refractivity contribution is -0.137. The number of halogens is 4. The molecule has 0 spiro atoms. The monoisotopic (exact) mass is 314 g/mol. The molecular formula is C14H10BrF3. The fourth-order valence-electron chi connectivity index (χ4n) is 1.72. The summed E-state index contributed by atoms with van der Waals surface area (Å²) in [5, 5.41) is 0. The van der Waals surface area contributed by atoms with E-state index in [0.29, 0.717) is 12.0 Å². The molecule has 0 unspecified atom stereocenters. The summed E-state index contributed by atoms with van der Waals surface area (Å²) in [5.41, 5.74) is 1.01. The molecule has 0 saturated heterocycles. The fourth-order valence-corrected chi connectivity index (χ4v) is 2.14. The van der Waals surface area contributed by atoms with Gasteiger partial charge in [0.05, 0.1) is 5.56 Å². The minimum Gasteiger partial charge on any atom is -0.166 e. The van der Waals surface area contributed by atoms with Gasteiger partial charge in [-0.25, -0.2) is 0 Å². The SMILES string of the molecule is FC(F)(F)c1cccc(Cc2ccccc2Br)c1. The van der Waals surface area contributed by atoms with Crippen LogP contribution in [0.3, 0.4) is 0 Å². The molecule has 0 nitrogen and oxygen atoms in total. The van der Waals surface area contributed by atoms with E-state index >= 15 is 0 Å². The first-order valence-electron chi connectivity index (χ1n) is 5.36. The molecule has 0 aliphatic rings. The Hall–Kier alpha value is -1.29.